The van der Waals surface area contributed by atoms with Gasteiger partial charge in [-0.3, -0.25) is 0 Å². The zero-order chi connectivity index (χ0) is 15.1. The number of hydrogen-bond donors (Lipinski definition) is 1. The fourth-order valence-electron chi connectivity index (χ4n) is 2.07. The number of benzene rings is 2. The van der Waals surface area contributed by atoms with Gasteiger partial charge in [-0.15, -0.1) is 0 Å². The molecule has 0 spiro atoms. The van der Waals surface area contributed by atoms with Crippen LogP contribution in [0.4, 0.5) is 19.0 Å². The molecular formula is C15H10F3N3. The van der Waals surface area contributed by atoms with Gasteiger partial charge in [-0.1, -0.05) is 0 Å². The van der Waals surface area contributed by atoms with E-state index in [0.29, 0.717) is 10.9 Å². The van der Waals surface area contributed by atoms with Gasteiger partial charge in [0.05, 0.1) is 11.1 Å². The summed E-state index contributed by atoms with van der Waals surface area (Å²) >= 11 is 0. The summed E-state index contributed by atoms with van der Waals surface area (Å²) in [5, 5.41) is 0.345. The number of anilines is 1. The summed E-state index contributed by atoms with van der Waals surface area (Å²) in [5.74, 6) is -1.82. The second-order valence-corrected chi connectivity index (χ2v) is 4.68. The first-order chi connectivity index (χ1) is 9.95. The number of halogens is 3. The molecular weight excluding hydrogens is 279 g/mol. The number of aryl methyl sites for hydroxylation is 1. The highest BCUT2D eigenvalue weighted by molar-refractivity contribution is 5.89. The zero-order valence-electron chi connectivity index (χ0n) is 11.0. The number of rotatable bonds is 1. The topological polar surface area (TPSA) is 51.8 Å². The van der Waals surface area contributed by atoms with Gasteiger partial charge in [0.1, 0.15) is 23.3 Å². The van der Waals surface area contributed by atoms with Gasteiger partial charge in [-0.25, -0.2) is 23.1 Å². The summed E-state index contributed by atoms with van der Waals surface area (Å²) in [6, 6.07) is 5.96. The molecule has 0 saturated carbocycles. The van der Waals surface area contributed by atoms with Crippen LogP contribution >= 0.6 is 0 Å². The predicted molar refractivity (Wildman–Crippen MR) is 74.0 cm³/mol. The largest absolute Gasteiger partial charge is 0.383 e. The Hall–Kier alpha value is -2.63. The van der Waals surface area contributed by atoms with E-state index in [4.69, 9.17) is 5.73 Å². The normalized spacial score (nSPS) is 11.0. The lowest BCUT2D eigenvalue weighted by atomic mass is 10.1. The minimum Gasteiger partial charge on any atom is -0.383 e. The summed E-state index contributed by atoms with van der Waals surface area (Å²) in [7, 11) is 0. The van der Waals surface area contributed by atoms with E-state index in [9.17, 15) is 13.2 Å². The average molecular weight is 289 g/mol. The summed E-state index contributed by atoms with van der Waals surface area (Å²) in [6.45, 7) is 1.51. The number of nitrogens with two attached hydrogens (primary N) is 1. The van der Waals surface area contributed by atoms with E-state index in [1.54, 1.807) is 0 Å². The van der Waals surface area contributed by atoms with Gasteiger partial charge >= 0.3 is 0 Å². The van der Waals surface area contributed by atoms with Crippen LogP contribution in [0.1, 0.15) is 5.56 Å². The molecule has 0 radical (unpaired) electrons. The van der Waals surface area contributed by atoms with Gasteiger partial charge < -0.3 is 5.73 Å². The van der Waals surface area contributed by atoms with Crippen molar-refractivity contribution < 1.29 is 13.2 Å². The molecule has 1 aromatic heterocycles. The quantitative estimate of drug-likeness (QED) is 0.744. The highest BCUT2D eigenvalue weighted by atomic mass is 19.1. The minimum atomic E-state index is -0.779. The van der Waals surface area contributed by atoms with Gasteiger partial charge in [0, 0.05) is 11.5 Å². The highest BCUT2D eigenvalue weighted by Crippen LogP contribution is 2.27. The lowest BCUT2D eigenvalue weighted by molar-refractivity contribution is 0.579. The van der Waals surface area contributed by atoms with Gasteiger partial charge in [0.25, 0.3) is 0 Å². The van der Waals surface area contributed by atoms with Crippen LogP contribution in [0.5, 0.6) is 0 Å². The molecule has 3 rings (SSSR count). The van der Waals surface area contributed by atoms with Gasteiger partial charge in [0.2, 0.25) is 0 Å². The Labute approximate surface area is 118 Å². The summed E-state index contributed by atoms with van der Waals surface area (Å²) in [5.41, 5.74) is 6.48. The van der Waals surface area contributed by atoms with Crippen LogP contribution in [0.2, 0.25) is 0 Å². The number of aromatic nitrogens is 2. The van der Waals surface area contributed by atoms with Crippen LogP contribution in [0.15, 0.2) is 30.3 Å². The Morgan fingerprint density at radius 2 is 1.71 bits per heavy atom. The Bertz CT molecular complexity index is 862. The SMILES string of the molecule is Cc1cc(-c2nc(N)c3cc(F)ccc3n2)c(F)cc1F. The van der Waals surface area contributed by atoms with E-state index in [-0.39, 0.29) is 22.8 Å². The molecule has 0 amide bonds. The molecule has 2 aromatic carbocycles. The third kappa shape index (κ3) is 2.29. The fourth-order valence-corrected chi connectivity index (χ4v) is 2.07. The second-order valence-electron chi connectivity index (χ2n) is 4.68. The third-order valence-electron chi connectivity index (χ3n) is 3.18. The molecule has 6 heteroatoms. The molecule has 3 nitrogen and oxygen atoms in total. The van der Waals surface area contributed by atoms with Crippen molar-refractivity contribution in [3.63, 3.8) is 0 Å². The van der Waals surface area contributed by atoms with E-state index < -0.39 is 17.5 Å². The van der Waals surface area contributed by atoms with Crippen molar-refractivity contribution in [2.24, 2.45) is 0 Å². The molecule has 0 aliphatic carbocycles. The average Bonchev–Trinajstić information content (AvgIpc) is 2.43. The predicted octanol–water partition coefficient (Wildman–Crippen LogP) is 3.60. The molecule has 21 heavy (non-hydrogen) atoms. The van der Waals surface area contributed by atoms with Crippen LogP contribution in [0, 0.1) is 24.4 Å². The molecule has 1 heterocycles. The number of nitrogens with zero attached hydrogens (tertiary/aromatic N) is 2. The molecule has 0 aliphatic rings. The maximum absolute atomic E-state index is 13.9. The van der Waals surface area contributed by atoms with Crippen molar-refractivity contribution in [2.75, 3.05) is 5.73 Å². The van der Waals surface area contributed by atoms with E-state index in [1.807, 2.05) is 0 Å². The molecule has 2 N–H and O–H groups in total. The molecule has 106 valence electrons. The molecule has 0 aliphatic heterocycles. The smallest absolute Gasteiger partial charge is 0.165 e. The third-order valence-corrected chi connectivity index (χ3v) is 3.18. The van der Waals surface area contributed by atoms with E-state index >= 15 is 0 Å². The zero-order valence-corrected chi connectivity index (χ0v) is 11.0. The van der Waals surface area contributed by atoms with Crippen LogP contribution in [-0.4, -0.2) is 9.97 Å². The van der Waals surface area contributed by atoms with Crippen LogP contribution in [0.3, 0.4) is 0 Å². The lowest BCUT2D eigenvalue weighted by Crippen LogP contribution is -2.00. The highest BCUT2D eigenvalue weighted by Gasteiger charge is 2.14. The first-order valence-electron chi connectivity index (χ1n) is 6.14. The number of fused-ring (bicyclic) bond motifs is 1. The molecule has 0 saturated heterocycles. The van der Waals surface area contributed by atoms with E-state index in [1.165, 1.54) is 31.2 Å². The van der Waals surface area contributed by atoms with Crippen LogP contribution in [-0.2, 0) is 0 Å². The number of nitrogen functional groups attached to an aromatic ring is 1. The van der Waals surface area contributed by atoms with Crippen molar-refractivity contribution >= 4 is 16.7 Å². The lowest BCUT2D eigenvalue weighted by Gasteiger charge is -2.08. The van der Waals surface area contributed by atoms with E-state index in [0.717, 1.165) is 6.07 Å². The summed E-state index contributed by atoms with van der Waals surface area (Å²) < 4.78 is 40.4. The van der Waals surface area contributed by atoms with Crippen molar-refractivity contribution in [3.8, 4) is 11.4 Å². The molecule has 0 atom stereocenters. The molecule has 0 bridgehead atoms. The molecule has 0 fully saturated rings. The van der Waals surface area contributed by atoms with Crippen molar-refractivity contribution in [3.05, 3.63) is 53.3 Å². The van der Waals surface area contributed by atoms with Crippen LogP contribution < -0.4 is 5.73 Å². The Balaban J connectivity index is 2.26. The number of hydrogen-bond acceptors (Lipinski definition) is 3. The van der Waals surface area contributed by atoms with Crippen molar-refractivity contribution in [1.29, 1.82) is 0 Å². The van der Waals surface area contributed by atoms with Crippen LogP contribution in [0.25, 0.3) is 22.3 Å². The van der Waals surface area contributed by atoms with Gasteiger partial charge in [-0.2, -0.15) is 0 Å². The standard InChI is InChI=1S/C15H10F3N3/c1-7-4-9(12(18)6-11(7)17)15-20-13-3-2-8(16)5-10(13)14(19)21-15/h2-6H,1H3,(H2,19,20,21). The molecule has 0 unspecified atom stereocenters. The first-order valence-corrected chi connectivity index (χ1v) is 6.14. The Morgan fingerprint density at radius 3 is 2.48 bits per heavy atom. The summed E-state index contributed by atoms with van der Waals surface area (Å²) in [4.78, 5) is 8.14. The van der Waals surface area contributed by atoms with Crippen molar-refractivity contribution in [1.82, 2.24) is 9.97 Å². The fraction of sp³-hybridized carbons (Fsp3) is 0.0667. The first kappa shape index (κ1) is 13.4. The maximum atomic E-state index is 13.9. The van der Waals surface area contributed by atoms with Gasteiger partial charge in [-0.05, 0) is 36.8 Å². The minimum absolute atomic E-state index is 0.0345. The van der Waals surface area contributed by atoms with E-state index in [2.05, 4.69) is 9.97 Å². The Morgan fingerprint density at radius 1 is 0.952 bits per heavy atom. The summed E-state index contributed by atoms with van der Waals surface area (Å²) in [6.07, 6.45) is 0. The maximum Gasteiger partial charge on any atom is 0.165 e. The Kier molecular flexibility index (Phi) is 3.01. The monoisotopic (exact) mass is 289 g/mol. The molecule has 3 aromatic rings. The van der Waals surface area contributed by atoms with Gasteiger partial charge in [0.15, 0.2) is 5.82 Å². The van der Waals surface area contributed by atoms with Crippen molar-refractivity contribution in [2.45, 2.75) is 6.92 Å². The second kappa shape index (κ2) is 4.73.